The summed E-state index contributed by atoms with van der Waals surface area (Å²) in [6, 6.07) is 9.19. The molecule has 1 aromatic heterocycles. The number of hydrogen-bond acceptors (Lipinski definition) is 13. The van der Waals surface area contributed by atoms with E-state index in [0.717, 1.165) is 5.69 Å². The molecule has 10 amide bonds. The number of para-hydroxylation sites is 1. The monoisotopic (exact) mass is 1140 g/mol. The Hall–Kier alpha value is -8.05. The van der Waals surface area contributed by atoms with Gasteiger partial charge < -0.3 is 53.6 Å². The van der Waals surface area contributed by atoms with Crippen LogP contribution < -0.4 is 53.6 Å². The highest BCUT2D eigenvalue weighted by molar-refractivity contribution is 5.99. The minimum absolute atomic E-state index is 0.0202. The normalized spacial score (nSPS) is 13.6. The summed E-state index contributed by atoms with van der Waals surface area (Å²) in [6.45, 7) is 24.0. The molecule has 0 saturated carbocycles. The van der Waals surface area contributed by atoms with E-state index in [1.165, 1.54) is 25.6 Å². The van der Waals surface area contributed by atoms with Crippen LogP contribution in [0.5, 0.6) is 0 Å². The zero-order valence-electron chi connectivity index (χ0n) is 49.7. The fourth-order valence-electron chi connectivity index (χ4n) is 8.46. The zero-order valence-corrected chi connectivity index (χ0v) is 49.7. The van der Waals surface area contributed by atoms with Crippen LogP contribution in [0.15, 0.2) is 66.7 Å². The lowest BCUT2D eigenvalue weighted by atomic mass is 9.97. The molecule has 0 aliphatic carbocycles. The molecule has 11 N–H and O–H groups in total. The fourth-order valence-corrected chi connectivity index (χ4v) is 8.46. The lowest BCUT2D eigenvalue weighted by Crippen LogP contribution is -2.64. The quantitative estimate of drug-likeness (QED) is 0.0304. The van der Waals surface area contributed by atoms with Crippen LogP contribution in [0.25, 0.3) is 17.1 Å². The Morgan fingerprint density at radius 3 is 1.56 bits per heavy atom. The van der Waals surface area contributed by atoms with Gasteiger partial charge in [-0.1, -0.05) is 92.3 Å². The number of nitrogens with one attached hydrogen (secondary N) is 9. The number of nitrogens with two attached hydrogens (primary N) is 1. The molecule has 0 spiro atoms. The summed E-state index contributed by atoms with van der Waals surface area (Å²) in [5.41, 5.74) is 6.10. The number of benzene rings is 2. The molecule has 82 heavy (non-hydrogen) atoms. The first-order valence-electron chi connectivity index (χ1n) is 28.1. The Labute approximate surface area is 481 Å². The molecule has 0 radical (unpaired) electrons. The summed E-state index contributed by atoms with van der Waals surface area (Å²) in [4.78, 5) is 135. The van der Waals surface area contributed by atoms with Gasteiger partial charge in [0.1, 0.15) is 41.8 Å². The molecule has 24 heteroatoms. The van der Waals surface area contributed by atoms with Crippen molar-refractivity contribution in [3.63, 3.8) is 0 Å². The maximum absolute atomic E-state index is 14.2. The second-order valence-electron chi connectivity index (χ2n) is 22.7. The molecule has 2 aromatic carbocycles. The summed E-state index contributed by atoms with van der Waals surface area (Å²) in [5, 5.41) is 37.3. The standard InChI is InChI=1S/C58H88N14O10/c1-33(2)31-44(48(59)74)65-52(77)42(23-18-20-30-61-51(76)40-27-25-39(26-28-40)49-69-71-72(70-49)41-21-15-14-16-22-41)64-56(81)47(36(7)8)67-57(82)58(12,13)68-54(79)45(32-34(3)4)66-53(78)43(24-17-19-29-60-50(75)37(9)10)63-55(80)46(35(5)6)62-38(11)73/h14-16,21-22,25-28,33-36,42-47H,9,17-20,23-24,29-32H2,1-8,10-13H3,(H2,59,74)(H,60,75)(H,61,76)(H,62,73)(H,63,80)(H,64,81)(H,65,77)(H,66,78)(H,67,82)(H,68,79)/t42-,43-,44-,45-,46-,47-/m0/s1. The molecule has 3 aromatic rings. The zero-order chi connectivity index (χ0) is 61.4. The first kappa shape index (κ1) is 68.2. The topological polar surface area (TPSA) is 349 Å². The number of carbonyl (C=O) groups excluding carboxylic acids is 10. The molecule has 0 bridgehead atoms. The SMILES string of the molecule is C=C(C)C(=O)NCCCC[C@H](NC(=O)[C@@H](NC(C)=O)C(C)C)C(=O)N[C@@H](CC(C)C)C(=O)NC(C)(C)C(=O)N[C@H](C(=O)N[C@@H](CCCCNC(=O)c1ccc(-c2nnn(-c3ccccc3)n2)cc1)C(=O)N[C@@H](CC(C)C)C(N)=O)C(C)C. The molecular weight excluding hydrogens is 1050 g/mol. The Morgan fingerprint density at radius 2 is 1.07 bits per heavy atom. The first-order valence-corrected chi connectivity index (χ1v) is 28.1. The van der Waals surface area contributed by atoms with Gasteiger partial charge >= 0.3 is 0 Å². The van der Waals surface area contributed by atoms with Crippen LogP contribution in [0.3, 0.4) is 0 Å². The highest BCUT2D eigenvalue weighted by Crippen LogP contribution is 2.18. The van der Waals surface area contributed by atoms with Crippen molar-refractivity contribution in [2.75, 3.05) is 13.1 Å². The van der Waals surface area contributed by atoms with Gasteiger partial charge in [0.15, 0.2) is 0 Å². The number of amides is 10. The molecule has 3 rings (SSSR count). The summed E-state index contributed by atoms with van der Waals surface area (Å²) in [6.07, 6.45) is 2.07. The maximum atomic E-state index is 14.2. The van der Waals surface area contributed by atoms with E-state index in [4.69, 9.17) is 5.73 Å². The van der Waals surface area contributed by atoms with Gasteiger partial charge in [-0.3, -0.25) is 47.9 Å². The number of hydrogen-bond donors (Lipinski definition) is 10. The Bertz CT molecular complexity index is 2670. The van der Waals surface area contributed by atoms with Gasteiger partial charge in [-0.15, -0.1) is 15.0 Å². The van der Waals surface area contributed by atoms with Crippen LogP contribution in [0.4, 0.5) is 0 Å². The second-order valence-corrected chi connectivity index (χ2v) is 22.7. The van der Waals surface area contributed by atoms with Crippen molar-refractivity contribution in [2.45, 2.75) is 176 Å². The van der Waals surface area contributed by atoms with Crippen molar-refractivity contribution in [2.24, 2.45) is 29.4 Å². The molecule has 0 fully saturated rings. The van der Waals surface area contributed by atoms with Crippen LogP contribution in [0.1, 0.15) is 145 Å². The van der Waals surface area contributed by atoms with Crippen molar-refractivity contribution >= 4 is 59.1 Å². The molecule has 0 aliphatic heterocycles. The third-order valence-electron chi connectivity index (χ3n) is 13.1. The van der Waals surface area contributed by atoms with Gasteiger partial charge in [-0.25, -0.2) is 0 Å². The molecule has 24 nitrogen and oxygen atoms in total. The molecule has 0 saturated heterocycles. The summed E-state index contributed by atoms with van der Waals surface area (Å²) >= 11 is 0. The summed E-state index contributed by atoms with van der Waals surface area (Å²) < 4.78 is 0. The lowest BCUT2D eigenvalue weighted by molar-refractivity contribution is -0.138. The van der Waals surface area contributed by atoms with Crippen molar-refractivity contribution < 1.29 is 47.9 Å². The van der Waals surface area contributed by atoms with Crippen LogP contribution in [-0.2, 0) is 43.2 Å². The van der Waals surface area contributed by atoms with Crippen LogP contribution >= 0.6 is 0 Å². The Morgan fingerprint density at radius 1 is 0.585 bits per heavy atom. The third kappa shape index (κ3) is 22.8. The fraction of sp³-hybridized carbons (Fsp3) is 0.569. The number of tetrazole rings is 1. The molecule has 0 unspecified atom stereocenters. The largest absolute Gasteiger partial charge is 0.368 e. The number of unbranched alkanes of at least 4 members (excludes halogenated alkanes) is 2. The van der Waals surface area contributed by atoms with E-state index in [0.29, 0.717) is 48.2 Å². The van der Waals surface area contributed by atoms with Crippen LogP contribution in [0.2, 0.25) is 0 Å². The van der Waals surface area contributed by atoms with Gasteiger partial charge in [0.05, 0.1) is 5.69 Å². The Kier molecular flexibility index (Phi) is 27.5. The summed E-state index contributed by atoms with van der Waals surface area (Å²) in [5.74, 6) is -6.75. The average molecular weight is 1140 g/mol. The van der Waals surface area contributed by atoms with Gasteiger partial charge in [0.2, 0.25) is 59.0 Å². The third-order valence-corrected chi connectivity index (χ3v) is 13.1. The van der Waals surface area contributed by atoms with Crippen LogP contribution in [-0.4, -0.2) is 134 Å². The van der Waals surface area contributed by atoms with Gasteiger partial charge in [0.25, 0.3) is 5.91 Å². The lowest BCUT2D eigenvalue weighted by Gasteiger charge is -2.32. The van der Waals surface area contributed by atoms with E-state index < -0.39 is 95.0 Å². The van der Waals surface area contributed by atoms with Gasteiger partial charge in [-0.05, 0) is 125 Å². The molecule has 0 aliphatic rings. The van der Waals surface area contributed by atoms with Gasteiger partial charge in [-0.2, -0.15) is 0 Å². The summed E-state index contributed by atoms with van der Waals surface area (Å²) in [7, 11) is 0. The van der Waals surface area contributed by atoms with Crippen molar-refractivity contribution in [3.8, 4) is 17.1 Å². The molecule has 6 atom stereocenters. The minimum atomic E-state index is -1.69. The second kappa shape index (κ2) is 33.0. The average Bonchev–Trinajstić information content (AvgIpc) is 3.92. The minimum Gasteiger partial charge on any atom is -0.368 e. The van der Waals surface area contributed by atoms with Crippen LogP contribution in [0, 0.1) is 23.7 Å². The molecular formula is C58H88N14O10. The maximum Gasteiger partial charge on any atom is 0.251 e. The highest BCUT2D eigenvalue weighted by Gasteiger charge is 2.38. The van der Waals surface area contributed by atoms with E-state index in [2.05, 4.69) is 69.8 Å². The number of nitrogens with zero attached hydrogens (tertiary/aromatic N) is 4. The highest BCUT2D eigenvalue weighted by atomic mass is 16.2. The molecule has 450 valence electrons. The van der Waals surface area contributed by atoms with E-state index in [1.54, 1.807) is 58.9 Å². The number of aromatic nitrogens is 4. The van der Waals surface area contributed by atoms with Crippen molar-refractivity contribution in [1.29, 1.82) is 0 Å². The number of carbonyl (C=O) groups is 10. The molecule has 1 heterocycles. The number of rotatable bonds is 34. The predicted octanol–water partition coefficient (Wildman–Crippen LogP) is 2.81. The number of primary amides is 1. The van der Waals surface area contributed by atoms with Crippen molar-refractivity contribution in [1.82, 2.24) is 68.1 Å². The van der Waals surface area contributed by atoms with E-state index >= 15 is 0 Å². The van der Waals surface area contributed by atoms with E-state index in [9.17, 15) is 47.9 Å². The van der Waals surface area contributed by atoms with Gasteiger partial charge in [0, 0.05) is 36.7 Å². The predicted molar refractivity (Wildman–Crippen MR) is 310 cm³/mol. The van der Waals surface area contributed by atoms with Crippen molar-refractivity contribution in [3.05, 3.63) is 72.3 Å². The van der Waals surface area contributed by atoms with E-state index in [1.807, 2.05) is 58.0 Å². The first-order chi connectivity index (χ1) is 38.5. The van der Waals surface area contributed by atoms with E-state index in [-0.39, 0.29) is 68.3 Å². The smallest absolute Gasteiger partial charge is 0.251 e. The Balaban J connectivity index is 1.74.